The first kappa shape index (κ1) is 17.7. The minimum absolute atomic E-state index is 0.323. The molecule has 0 amide bonds. The van der Waals surface area contributed by atoms with Gasteiger partial charge in [0.05, 0.1) is 0 Å². The van der Waals surface area contributed by atoms with Crippen LogP contribution in [0.2, 0.25) is 0 Å². The summed E-state index contributed by atoms with van der Waals surface area (Å²) in [6.07, 6.45) is 8.06. The van der Waals surface area contributed by atoms with Crippen molar-refractivity contribution >= 4 is 8.88 Å². The Hall–Kier alpha value is 0.350. The van der Waals surface area contributed by atoms with Crippen molar-refractivity contribution in [2.75, 3.05) is 0 Å². The van der Waals surface area contributed by atoms with Crippen LogP contribution in [0, 0.1) is 0 Å². The SMILES string of the molecule is CC1(C)CCCC(C)(C)N1PN1C(C)(C)CCCC1(C)C. The van der Waals surface area contributed by atoms with Crippen molar-refractivity contribution in [1.29, 1.82) is 0 Å². The highest BCUT2D eigenvalue weighted by atomic mass is 31.1. The topological polar surface area (TPSA) is 6.48 Å². The molecule has 0 aromatic heterocycles. The van der Waals surface area contributed by atoms with Crippen LogP contribution in [0.25, 0.3) is 0 Å². The highest BCUT2D eigenvalue weighted by Gasteiger charge is 2.47. The van der Waals surface area contributed by atoms with Gasteiger partial charge in [-0.2, -0.15) is 0 Å². The number of rotatable bonds is 2. The molecule has 21 heavy (non-hydrogen) atoms. The molecular weight excluding hydrogens is 275 g/mol. The Morgan fingerprint density at radius 1 is 0.524 bits per heavy atom. The van der Waals surface area contributed by atoms with Crippen LogP contribution in [-0.2, 0) is 0 Å². The van der Waals surface area contributed by atoms with Gasteiger partial charge in [0.2, 0.25) is 0 Å². The highest BCUT2D eigenvalue weighted by Crippen LogP contribution is 2.53. The van der Waals surface area contributed by atoms with E-state index in [0.717, 1.165) is 8.88 Å². The average Bonchev–Trinajstić information content (AvgIpc) is 2.23. The summed E-state index contributed by atoms with van der Waals surface area (Å²) in [5, 5.41) is 0. The van der Waals surface area contributed by atoms with E-state index < -0.39 is 0 Å². The Balaban J connectivity index is 2.28. The maximum absolute atomic E-state index is 2.82. The second-order valence-corrected chi connectivity index (χ2v) is 10.8. The van der Waals surface area contributed by atoms with Gasteiger partial charge in [-0.05, 0) is 93.9 Å². The van der Waals surface area contributed by atoms with E-state index in [1.807, 2.05) is 0 Å². The second-order valence-electron chi connectivity index (χ2n) is 9.73. The molecule has 0 bridgehead atoms. The zero-order valence-corrected chi connectivity index (χ0v) is 16.6. The molecule has 2 aliphatic heterocycles. The largest absolute Gasteiger partial charge is 0.261 e. The van der Waals surface area contributed by atoms with Crippen LogP contribution in [0.1, 0.15) is 93.9 Å². The molecule has 2 saturated heterocycles. The van der Waals surface area contributed by atoms with Crippen molar-refractivity contribution in [2.24, 2.45) is 0 Å². The zero-order chi connectivity index (χ0) is 16.1. The minimum atomic E-state index is 0.323. The molecule has 0 unspecified atom stereocenters. The summed E-state index contributed by atoms with van der Waals surface area (Å²) in [5.41, 5.74) is 1.29. The maximum atomic E-state index is 2.82. The van der Waals surface area contributed by atoms with Crippen molar-refractivity contribution in [2.45, 2.75) is 116 Å². The van der Waals surface area contributed by atoms with Gasteiger partial charge in [0.15, 0.2) is 0 Å². The number of piperidine rings is 2. The van der Waals surface area contributed by atoms with Gasteiger partial charge in [-0.25, -0.2) is 0 Å². The van der Waals surface area contributed by atoms with E-state index in [1.165, 1.54) is 38.5 Å². The zero-order valence-electron chi connectivity index (χ0n) is 15.6. The Morgan fingerprint density at radius 2 is 0.762 bits per heavy atom. The van der Waals surface area contributed by atoms with Gasteiger partial charge in [0, 0.05) is 31.0 Å². The Labute approximate surface area is 134 Å². The summed E-state index contributed by atoms with van der Waals surface area (Å²) in [4.78, 5) is 0. The van der Waals surface area contributed by atoms with Crippen LogP contribution in [0.3, 0.4) is 0 Å². The van der Waals surface area contributed by atoms with Crippen LogP contribution in [0.15, 0.2) is 0 Å². The maximum Gasteiger partial charge on any atom is 0.0260 e. The summed E-state index contributed by atoms with van der Waals surface area (Å²) in [6.45, 7) is 19.6. The van der Waals surface area contributed by atoms with Crippen LogP contribution >= 0.6 is 8.88 Å². The fourth-order valence-electron chi connectivity index (χ4n) is 4.63. The van der Waals surface area contributed by atoms with Crippen molar-refractivity contribution in [1.82, 2.24) is 9.34 Å². The summed E-state index contributed by atoms with van der Waals surface area (Å²) in [6, 6.07) is 0. The molecule has 2 aliphatic rings. The van der Waals surface area contributed by atoms with Gasteiger partial charge in [-0.15, -0.1) is 0 Å². The van der Waals surface area contributed by atoms with E-state index in [0.29, 0.717) is 22.2 Å². The summed E-state index contributed by atoms with van der Waals surface area (Å²) in [7, 11) is 0.803. The molecule has 0 N–H and O–H groups in total. The third kappa shape index (κ3) is 3.48. The van der Waals surface area contributed by atoms with Crippen molar-refractivity contribution in [3.63, 3.8) is 0 Å². The Kier molecular flexibility index (Phi) is 4.60. The Bertz CT molecular complexity index is 317. The molecule has 0 aliphatic carbocycles. The average molecular weight is 312 g/mol. The third-order valence-electron chi connectivity index (χ3n) is 5.78. The molecule has 0 radical (unpaired) electrons. The lowest BCUT2D eigenvalue weighted by atomic mass is 9.82. The van der Waals surface area contributed by atoms with Crippen molar-refractivity contribution in [3.8, 4) is 0 Å². The van der Waals surface area contributed by atoms with Crippen LogP contribution in [0.5, 0.6) is 0 Å². The quantitative estimate of drug-likeness (QED) is 0.614. The molecule has 2 heterocycles. The van der Waals surface area contributed by atoms with Crippen LogP contribution in [0.4, 0.5) is 0 Å². The first-order valence-electron chi connectivity index (χ1n) is 8.76. The lowest BCUT2D eigenvalue weighted by Gasteiger charge is -2.60. The Morgan fingerprint density at radius 3 is 1.00 bits per heavy atom. The van der Waals surface area contributed by atoms with Gasteiger partial charge in [-0.3, -0.25) is 9.34 Å². The first-order chi connectivity index (χ1) is 9.39. The smallest absolute Gasteiger partial charge is 0.0260 e. The molecule has 0 aromatic carbocycles. The number of nitrogens with zero attached hydrogens (tertiary/aromatic N) is 2. The van der Waals surface area contributed by atoms with Gasteiger partial charge in [-0.1, -0.05) is 0 Å². The fraction of sp³-hybridized carbons (Fsp3) is 1.00. The van der Waals surface area contributed by atoms with Crippen LogP contribution < -0.4 is 0 Å². The number of hydrogen-bond acceptors (Lipinski definition) is 2. The van der Waals surface area contributed by atoms with E-state index in [4.69, 9.17) is 0 Å². The predicted octanol–water partition coefficient (Wildman–Crippen LogP) is 5.58. The molecule has 3 heteroatoms. The monoisotopic (exact) mass is 312 g/mol. The predicted molar refractivity (Wildman–Crippen MR) is 96.0 cm³/mol. The number of hydrogen-bond donors (Lipinski definition) is 0. The van der Waals surface area contributed by atoms with E-state index in [2.05, 4.69) is 64.7 Å². The van der Waals surface area contributed by atoms with E-state index >= 15 is 0 Å². The highest BCUT2D eigenvalue weighted by molar-refractivity contribution is 7.32. The van der Waals surface area contributed by atoms with Gasteiger partial charge in [0.1, 0.15) is 0 Å². The van der Waals surface area contributed by atoms with E-state index in [-0.39, 0.29) is 0 Å². The van der Waals surface area contributed by atoms with Crippen molar-refractivity contribution < 1.29 is 0 Å². The van der Waals surface area contributed by atoms with Crippen LogP contribution in [-0.4, -0.2) is 31.5 Å². The van der Waals surface area contributed by atoms with E-state index in [1.54, 1.807) is 0 Å². The molecule has 2 rings (SSSR count). The molecule has 2 nitrogen and oxygen atoms in total. The molecule has 0 spiro atoms. The lowest BCUT2D eigenvalue weighted by molar-refractivity contribution is 0.0227. The van der Waals surface area contributed by atoms with Crippen molar-refractivity contribution in [3.05, 3.63) is 0 Å². The third-order valence-corrected chi connectivity index (χ3v) is 8.60. The molecule has 2 fully saturated rings. The van der Waals surface area contributed by atoms with E-state index in [9.17, 15) is 0 Å². The molecule has 124 valence electrons. The molecular formula is C18H37N2P. The fourth-order valence-corrected chi connectivity index (χ4v) is 6.36. The first-order valence-corrected chi connectivity index (χ1v) is 9.65. The molecule has 0 saturated carbocycles. The standard InChI is InChI=1S/C18H37N2P/c1-15(2)11-9-12-16(3,4)19(15)21-20-17(5,6)13-10-14-18(20,7)8/h21H,9-14H2,1-8H3. The lowest BCUT2D eigenvalue weighted by Crippen LogP contribution is -2.60. The molecule has 0 aromatic rings. The summed E-state index contributed by atoms with van der Waals surface area (Å²) in [5.74, 6) is 0. The second kappa shape index (κ2) is 5.46. The summed E-state index contributed by atoms with van der Waals surface area (Å²) < 4.78 is 5.64. The normalized spacial score (nSPS) is 32.0. The summed E-state index contributed by atoms with van der Waals surface area (Å²) >= 11 is 0. The minimum Gasteiger partial charge on any atom is -0.261 e. The van der Waals surface area contributed by atoms with Gasteiger partial charge < -0.3 is 0 Å². The molecule has 0 atom stereocenters. The van der Waals surface area contributed by atoms with Gasteiger partial charge in [0.25, 0.3) is 0 Å². The van der Waals surface area contributed by atoms with Gasteiger partial charge >= 0.3 is 0 Å².